The third-order valence-corrected chi connectivity index (χ3v) is 4.54. The van der Waals surface area contributed by atoms with Crippen molar-refractivity contribution in [2.45, 2.75) is 65.5 Å². The molecule has 0 aliphatic rings. The van der Waals surface area contributed by atoms with Crippen molar-refractivity contribution in [3.8, 4) is 0 Å². The number of halogens is 1. The third-order valence-electron chi connectivity index (χ3n) is 4.54. The zero-order chi connectivity index (χ0) is 18.6. The Balaban J connectivity index is 0.00000364. The van der Waals surface area contributed by atoms with Crippen molar-refractivity contribution in [3.05, 3.63) is 53.6 Å². The summed E-state index contributed by atoms with van der Waals surface area (Å²) in [4.78, 5) is 8.73. The number of guanidine groups is 1. The van der Waals surface area contributed by atoms with Crippen LogP contribution in [0.2, 0.25) is 0 Å². The highest BCUT2D eigenvalue weighted by molar-refractivity contribution is 14.0. The van der Waals surface area contributed by atoms with E-state index in [2.05, 4.69) is 51.0 Å². The lowest BCUT2D eigenvalue weighted by Crippen LogP contribution is -2.32. The number of unbranched alkanes of at least 4 members (excludes halogenated alkanes) is 5. The SMILES string of the molecule is CCCCCCCCNC(N)=NCc1cccc(Cn2ccnc2C)c1.I. The van der Waals surface area contributed by atoms with Crippen molar-refractivity contribution in [1.82, 2.24) is 14.9 Å². The molecule has 1 aromatic heterocycles. The van der Waals surface area contributed by atoms with Gasteiger partial charge in [-0.15, -0.1) is 24.0 Å². The Hall–Kier alpha value is -1.57. The second-order valence-corrected chi connectivity index (χ2v) is 6.82. The summed E-state index contributed by atoms with van der Waals surface area (Å²) in [5.41, 5.74) is 8.40. The summed E-state index contributed by atoms with van der Waals surface area (Å²) in [6, 6.07) is 8.48. The lowest BCUT2D eigenvalue weighted by molar-refractivity contribution is 0.601. The second kappa shape index (κ2) is 13.6. The summed E-state index contributed by atoms with van der Waals surface area (Å²) >= 11 is 0. The van der Waals surface area contributed by atoms with Crippen molar-refractivity contribution >= 4 is 29.9 Å². The second-order valence-electron chi connectivity index (χ2n) is 6.82. The summed E-state index contributed by atoms with van der Waals surface area (Å²) in [6.07, 6.45) is 11.5. The Labute approximate surface area is 180 Å². The highest BCUT2D eigenvalue weighted by Gasteiger charge is 2.01. The average molecular weight is 483 g/mol. The normalized spacial score (nSPS) is 11.3. The highest BCUT2D eigenvalue weighted by Crippen LogP contribution is 2.10. The van der Waals surface area contributed by atoms with Crippen LogP contribution in [0, 0.1) is 6.92 Å². The number of hydrogen-bond acceptors (Lipinski definition) is 2. The van der Waals surface area contributed by atoms with Gasteiger partial charge in [0.25, 0.3) is 0 Å². The largest absolute Gasteiger partial charge is 0.370 e. The molecule has 0 saturated carbocycles. The Morgan fingerprint density at radius 2 is 1.89 bits per heavy atom. The number of aryl methyl sites for hydroxylation is 1. The third kappa shape index (κ3) is 9.26. The molecule has 0 saturated heterocycles. The number of hydrogen-bond donors (Lipinski definition) is 2. The van der Waals surface area contributed by atoms with Gasteiger partial charge in [-0.2, -0.15) is 0 Å². The van der Waals surface area contributed by atoms with Crippen molar-refractivity contribution in [2.24, 2.45) is 10.7 Å². The molecule has 0 aliphatic carbocycles. The molecule has 150 valence electrons. The van der Waals surface area contributed by atoms with E-state index in [1.54, 1.807) is 0 Å². The molecule has 0 aliphatic heterocycles. The topological polar surface area (TPSA) is 68.2 Å². The summed E-state index contributed by atoms with van der Waals surface area (Å²) in [7, 11) is 0. The Morgan fingerprint density at radius 3 is 2.63 bits per heavy atom. The maximum absolute atomic E-state index is 5.98. The molecule has 0 unspecified atom stereocenters. The molecule has 3 N–H and O–H groups in total. The van der Waals surface area contributed by atoms with Gasteiger partial charge in [0.1, 0.15) is 5.82 Å². The van der Waals surface area contributed by atoms with Gasteiger partial charge in [-0.25, -0.2) is 9.98 Å². The van der Waals surface area contributed by atoms with Crippen LogP contribution in [0.4, 0.5) is 0 Å². The molecule has 6 heteroatoms. The van der Waals surface area contributed by atoms with E-state index < -0.39 is 0 Å². The molecule has 0 atom stereocenters. The molecular formula is C21H34IN5. The number of aliphatic imine (C=N–C) groups is 1. The van der Waals surface area contributed by atoms with Gasteiger partial charge in [-0.3, -0.25) is 0 Å². The molecule has 1 aromatic carbocycles. The van der Waals surface area contributed by atoms with E-state index in [9.17, 15) is 0 Å². The van der Waals surface area contributed by atoms with Gasteiger partial charge in [-0.1, -0.05) is 63.3 Å². The molecule has 0 bridgehead atoms. The first-order valence-corrected chi connectivity index (χ1v) is 9.78. The molecule has 0 spiro atoms. The molecule has 0 radical (unpaired) electrons. The van der Waals surface area contributed by atoms with E-state index in [-0.39, 0.29) is 24.0 Å². The van der Waals surface area contributed by atoms with E-state index in [4.69, 9.17) is 5.73 Å². The minimum Gasteiger partial charge on any atom is -0.370 e. The zero-order valence-electron chi connectivity index (χ0n) is 16.7. The number of aromatic nitrogens is 2. The van der Waals surface area contributed by atoms with Crippen LogP contribution in [0.3, 0.4) is 0 Å². The minimum absolute atomic E-state index is 0. The minimum atomic E-state index is 0. The van der Waals surface area contributed by atoms with E-state index in [1.165, 1.54) is 43.2 Å². The maximum Gasteiger partial charge on any atom is 0.188 e. The van der Waals surface area contributed by atoms with Crippen LogP contribution in [0.15, 0.2) is 41.7 Å². The first-order chi connectivity index (χ1) is 12.7. The lowest BCUT2D eigenvalue weighted by atomic mass is 10.1. The Kier molecular flexibility index (Phi) is 11.8. The monoisotopic (exact) mass is 483 g/mol. The van der Waals surface area contributed by atoms with Crippen LogP contribution in [0.5, 0.6) is 0 Å². The predicted octanol–water partition coefficient (Wildman–Crippen LogP) is 4.62. The quantitative estimate of drug-likeness (QED) is 0.212. The summed E-state index contributed by atoms with van der Waals surface area (Å²) in [5.74, 6) is 1.56. The van der Waals surface area contributed by atoms with E-state index in [0.717, 1.165) is 25.3 Å². The number of nitrogens with one attached hydrogen (secondary N) is 1. The zero-order valence-corrected chi connectivity index (χ0v) is 19.0. The van der Waals surface area contributed by atoms with Crippen LogP contribution in [0.1, 0.15) is 62.4 Å². The number of rotatable bonds is 11. The number of benzene rings is 1. The van der Waals surface area contributed by atoms with Gasteiger partial charge in [0.05, 0.1) is 6.54 Å². The first-order valence-electron chi connectivity index (χ1n) is 9.78. The molecule has 5 nitrogen and oxygen atoms in total. The average Bonchev–Trinajstić information content (AvgIpc) is 3.04. The molecule has 2 rings (SSSR count). The summed E-state index contributed by atoms with van der Waals surface area (Å²) in [6.45, 7) is 6.60. The van der Waals surface area contributed by atoms with E-state index in [0.29, 0.717) is 12.5 Å². The van der Waals surface area contributed by atoms with Crippen molar-refractivity contribution < 1.29 is 0 Å². The maximum atomic E-state index is 5.98. The van der Waals surface area contributed by atoms with Crippen molar-refractivity contribution in [2.75, 3.05) is 6.54 Å². The number of imidazole rings is 1. The molecule has 2 aromatic rings. The van der Waals surface area contributed by atoms with Crippen LogP contribution < -0.4 is 11.1 Å². The van der Waals surface area contributed by atoms with Gasteiger partial charge < -0.3 is 15.6 Å². The van der Waals surface area contributed by atoms with Gasteiger partial charge in [0, 0.05) is 25.5 Å². The fourth-order valence-electron chi connectivity index (χ4n) is 2.95. The molecular weight excluding hydrogens is 449 g/mol. The molecule has 0 amide bonds. The molecule has 0 fully saturated rings. The first kappa shape index (κ1) is 23.5. The summed E-state index contributed by atoms with van der Waals surface area (Å²) in [5, 5.41) is 3.22. The highest BCUT2D eigenvalue weighted by atomic mass is 127. The fraction of sp³-hybridized carbons (Fsp3) is 0.524. The standard InChI is InChI=1S/C21H33N5.HI/c1-3-4-5-6-7-8-12-24-21(22)25-16-19-10-9-11-20(15-19)17-26-14-13-23-18(26)2;/h9-11,13-15H,3-8,12,16-17H2,1-2H3,(H3,22,24,25);1H. The predicted molar refractivity (Wildman–Crippen MR) is 125 cm³/mol. The summed E-state index contributed by atoms with van der Waals surface area (Å²) < 4.78 is 2.14. The fourth-order valence-corrected chi connectivity index (χ4v) is 2.95. The number of nitrogens with two attached hydrogens (primary N) is 1. The number of nitrogens with zero attached hydrogens (tertiary/aromatic N) is 3. The van der Waals surface area contributed by atoms with Gasteiger partial charge in [-0.05, 0) is 24.5 Å². The molecule has 1 heterocycles. The Morgan fingerprint density at radius 1 is 1.15 bits per heavy atom. The van der Waals surface area contributed by atoms with Gasteiger partial charge in [0.2, 0.25) is 0 Å². The van der Waals surface area contributed by atoms with Crippen LogP contribution in [-0.4, -0.2) is 22.1 Å². The van der Waals surface area contributed by atoms with E-state index in [1.807, 2.05) is 19.3 Å². The van der Waals surface area contributed by atoms with Crippen molar-refractivity contribution in [3.63, 3.8) is 0 Å². The van der Waals surface area contributed by atoms with Crippen LogP contribution in [0.25, 0.3) is 0 Å². The van der Waals surface area contributed by atoms with Gasteiger partial charge >= 0.3 is 0 Å². The van der Waals surface area contributed by atoms with E-state index >= 15 is 0 Å². The van der Waals surface area contributed by atoms with Crippen molar-refractivity contribution in [1.29, 1.82) is 0 Å². The van der Waals surface area contributed by atoms with Crippen LogP contribution in [-0.2, 0) is 13.1 Å². The Bertz CT molecular complexity index is 681. The molecule has 27 heavy (non-hydrogen) atoms. The smallest absolute Gasteiger partial charge is 0.188 e. The van der Waals surface area contributed by atoms with Gasteiger partial charge in [0.15, 0.2) is 5.96 Å². The van der Waals surface area contributed by atoms with Crippen LogP contribution >= 0.6 is 24.0 Å². The lowest BCUT2D eigenvalue weighted by Gasteiger charge is -2.08.